The van der Waals surface area contributed by atoms with Gasteiger partial charge >= 0.3 is 5.97 Å². The van der Waals surface area contributed by atoms with Gasteiger partial charge in [0.2, 0.25) is 0 Å². The number of carboxylic acid groups (broad SMARTS) is 1. The van der Waals surface area contributed by atoms with E-state index < -0.39 is 12.0 Å². The monoisotopic (exact) mass is 303 g/mol. The molecule has 1 aromatic carbocycles. The molecule has 0 bridgehead atoms. The molecule has 0 spiro atoms. The van der Waals surface area contributed by atoms with Gasteiger partial charge in [0.1, 0.15) is 11.9 Å². The van der Waals surface area contributed by atoms with E-state index in [9.17, 15) is 9.18 Å². The highest BCUT2D eigenvalue weighted by atomic mass is 79.9. The minimum Gasteiger partial charge on any atom is -0.480 e. The fraction of sp³-hybridized carbons (Fsp3) is 0.417. The molecular formula is C12H15BrFNO2. The Morgan fingerprint density at radius 2 is 2.18 bits per heavy atom. The molecular weight excluding hydrogens is 289 g/mol. The Kier molecular flexibility index (Phi) is 5.08. The molecule has 3 nitrogen and oxygen atoms in total. The van der Waals surface area contributed by atoms with E-state index in [1.807, 2.05) is 13.8 Å². The summed E-state index contributed by atoms with van der Waals surface area (Å²) in [4.78, 5) is 10.9. The second kappa shape index (κ2) is 6.12. The zero-order valence-electron chi connectivity index (χ0n) is 9.71. The molecule has 0 amide bonds. The van der Waals surface area contributed by atoms with E-state index in [4.69, 9.17) is 5.11 Å². The van der Waals surface area contributed by atoms with E-state index >= 15 is 0 Å². The van der Waals surface area contributed by atoms with Crippen molar-refractivity contribution in [1.29, 1.82) is 0 Å². The van der Waals surface area contributed by atoms with E-state index in [1.54, 1.807) is 12.1 Å². The van der Waals surface area contributed by atoms with Crippen molar-refractivity contribution in [2.45, 2.75) is 26.4 Å². The first kappa shape index (κ1) is 14.1. The normalized spacial score (nSPS) is 12.8. The van der Waals surface area contributed by atoms with Crippen LogP contribution in [0.5, 0.6) is 0 Å². The molecule has 17 heavy (non-hydrogen) atoms. The first-order valence-electron chi connectivity index (χ1n) is 5.32. The molecule has 94 valence electrons. The number of benzene rings is 1. The smallest absolute Gasteiger partial charge is 0.320 e. The van der Waals surface area contributed by atoms with E-state index in [1.165, 1.54) is 6.07 Å². The third-order valence-electron chi connectivity index (χ3n) is 2.45. The minimum absolute atomic E-state index is 0.0530. The molecule has 0 radical (unpaired) electrons. The number of hydrogen-bond donors (Lipinski definition) is 2. The molecule has 0 aliphatic carbocycles. The third kappa shape index (κ3) is 4.09. The Morgan fingerprint density at radius 3 is 2.71 bits per heavy atom. The van der Waals surface area contributed by atoms with Gasteiger partial charge in [0.25, 0.3) is 0 Å². The van der Waals surface area contributed by atoms with Crippen molar-refractivity contribution in [3.05, 3.63) is 34.1 Å². The van der Waals surface area contributed by atoms with E-state index in [0.717, 1.165) is 4.47 Å². The summed E-state index contributed by atoms with van der Waals surface area (Å²) < 4.78 is 14.2. The van der Waals surface area contributed by atoms with Crippen molar-refractivity contribution < 1.29 is 14.3 Å². The molecule has 0 aliphatic rings. The predicted octanol–water partition coefficient (Wildman–Crippen LogP) is 2.79. The number of halogens is 2. The Hall–Kier alpha value is -0.940. The minimum atomic E-state index is -0.921. The topological polar surface area (TPSA) is 49.3 Å². The van der Waals surface area contributed by atoms with Gasteiger partial charge in [-0.1, -0.05) is 29.8 Å². The largest absolute Gasteiger partial charge is 0.480 e. The molecule has 0 aromatic heterocycles. The van der Waals surface area contributed by atoms with Crippen LogP contribution in [0.2, 0.25) is 0 Å². The molecule has 1 aromatic rings. The number of aliphatic carboxylic acids is 1. The standard InChI is InChI=1S/C12H15BrFNO2/c1-7(2)11(12(16)17)15-6-8-5-9(13)3-4-10(8)14/h3-5,7,11,15H,6H2,1-2H3,(H,16,17)/t11-/m1/s1. The molecule has 5 heteroatoms. The molecule has 0 fully saturated rings. The van der Waals surface area contributed by atoms with E-state index in [0.29, 0.717) is 5.56 Å². The number of nitrogens with one attached hydrogen (secondary N) is 1. The first-order valence-corrected chi connectivity index (χ1v) is 6.11. The Balaban J connectivity index is 2.72. The Morgan fingerprint density at radius 1 is 1.53 bits per heavy atom. The fourth-order valence-corrected chi connectivity index (χ4v) is 1.92. The van der Waals surface area contributed by atoms with Gasteiger partial charge in [0.05, 0.1) is 0 Å². The van der Waals surface area contributed by atoms with Crippen molar-refractivity contribution in [2.24, 2.45) is 5.92 Å². The third-order valence-corrected chi connectivity index (χ3v) is 2.95. The van der Waals surface area contributed by atoms with E-state index in [2.05, 4.69) is 21.2 Å². The SMILES string of the molecule is CC(C)[C@@H](NCc1cc(Br)ccc1F)C(=O)O. The highest BCUT2D eigenvalue weighted by Gasteiger charge is 2.20. The molecule has 0 heterocycles. The summed E-state index contributed by atoms with van der Waals surface area (Å²) in [5.74, 6) is -1.31. The van der Waals surface area contributed by atoms with Crippen LogP contribution in [0.15, 0.2) is 22.7 Å². The number of carbonyl (C=O) groups is 1. The molecule has 0 aliphatic heterocycles. The maximum Gasteiger partial charge on any atom is 0.320 e. The van der Waals surface area contributed by atoms with E-state index in [-0.39, 0.29) is 18.3 Å². The molecule has 0 saturated heterocycles. The zero-order chi connectivity index (χ0) is 13.0. The summed E-state index contributed by atoms with van der Waals surface area (Å²) in [5.41, 5.74) is 0.450. The van der Waals surface area contributed by atoms with Crippen LogP contribution in [0, 0.1) is 11.7 Å². The lowest BCUT2D eigenvalue weighted by atomic mass is 10.0. The van der Waals surface area contributed by atoms with Crippen LogP contribution in [0.25, 0.3) is 0 Å². The van der Waals surface area contributed by atoms with Gasteiger partial charge < -0.3 is 5.11 Å². The summed E-state index contributed by atoms with van der Waals surface area (Å²) in [6.07, 6.45) is 0. The summed E-state index contributed by atoms with van der Waals surface area (Å²) in [6, 6.07) is 3.93. The molecule has 1 atom stereocenters. The lowest BCUT2D eigenvalue weighted by molar-refractivity contribution is -0.140. The van der Waals surface area contributed by atoms with Crippen molar-refractivity contribution in [1.82, 2.24) is 5.32 Å². The van der Waals surface area contributed by atoms with Gasteiger partial charge in [-0.15, -0.1) is 0 Å². The summed E-state index contributed by atoms with van der Waals surface area (Å²) in [6.45, 7) is 3.81. The quantitative estimate of drug-likeness (QED) is 0.879. The summed E-state index contributed by atoms with van der Waals surface area (Å²) in [5, 5.41) is 11.8. The van der Waals surface area contributed by atoms with Crippen molar-refractivity contribution in [2.75, 3.05) is 0 Å². The van der Waals surface area contributed by atoms with Crippen LogP contribution in [-0.2, 0) is 11.3 Å². The van der Waals surface area contributed by atoms with Gasteiger partial charge in [-0.25, -0.2) is 4.39 Å². The number of carboxylic acids is 1. The predicted molar refractivity (Wildman–Crippen MR) is 67.2 cm³/mol. The molecule has 0 unspecified atom stereocenters. The van der Waals surface area contributed by atoms with Gasteiger partial charge in [-0.3, -0.25) is 10.1 Å². The molecule has 1 rings (SSSR count). The van der Waals surface area contributed by atoms with Gasteiger partial charge in [0.15, 0.2) is 0 Å². The van der Waals surface area contributed by atoms with Gasteiger partial charge in [-0.2, -0.15) is 0 Å². The zero-order valence-corrected chi connectivity index (χ0v) is 11.3. The lowest BCUT2D eigenvalue weighted by Crippen LogP contribution is -2.40. The van der Waals surface area contributed by atoms with Crippen LogP contribution >= 0.6 is 15.9 Å². The van der Waals surface area contributed by atoms with Crippen molar-refractivity contribution in [3.8, 4) is 0 Å². The average molecular weight is 304 g/mol. The summed E-state index contributed by atoms with van der Waals surface area (Å²) in [7, 11) is 0. The Labute approximate surface area is 108 Å². The summed E-state index contributed by atoms with van der Waals surface area (Å²) >= 11 is 3.25. The lowest BCUT2D eigenvalue weighted by Gasteiger charge is -2.18. The highest BCUT2D eigenvalue weighted by Crippen LogP contribution is 2.16. The maximum absolute atomic E-state index is 13.4. The van der Waals surface area contributed by atoms with Gasteiger partial charge in [-0.05, 0) is 24.1 Å². The van der Waals surface area contributed by atoms with Crippen LogP contribution in [0.3, 0.4) is 0 Å². The molecule has 2 N–H and O–H groups in total. The second-order valence-corrected chi connectivity index (χ2v) is 5.09. The Bertz CT molecular complexity index is 409. The van der Waals surface area contributed by atoms with Crippen LogP contribution in [0.1, 0.15) is 19.4 Å². The number of rotatable bonds is 5. The van der Waals surface area contributed by atoms with Gasteiger partial charge in [0, 0.05) is 16.6 Å². The maximum atomic E-state index is 13.4. The van der Waals surface area contributed by atoms with Crippen LogP contribution < -0.4 is 5.32 Å². The van der Waals surface area contributed by atoms with Crippen LogP contribution in [-0.4, -0.2) is 17.1 Å². The van der Waals surface area contributed by atoms with Crippen molar-refractivity contribution in [3.63, 3.8) is 0 Å². The second-order valence-electron chi connectivity index (χ2n) is 4.18. The van der Waals surface area contributed by atoms with Crippen LogP contribution in [0.4, 0.5) is 4.39 Å². The van der Waals surface area contributed by atoms with Crippen molar-refractivity contribution >= 4 is 21.9 Å². The highest BCUT2D eigenvalue weighted by molar-refractivity contribution is 9.10. The fourth-order valence-electron chi connectivity index (χ4n) is 1.51. The number of hydrogen-bond acceptors (Lipinski definition) is 2. The average Bonchev–Trinajstić information content (AvgIpc) is 2.22. The first-order chi connectivity index (χ1) is 7.91. The molecule has 0 saturated carbocycles.